The van der Waals surface area contributed by atoms with Crippen LogP contribution in [0, 0.1) is 0 Å². The molecule has 1 saturated heterocycles. The number of aromatic carboxylic acids is 1. The van der Waals surface area contributed by atoms with Crippen LogP contribution < -0.4 is 5.43 Å². The highest BCUT2D eigenvalue weighted by molar-refractivity contribution is 5.93. The van der Waals surface area contributed by atoms with E-state index in [1.807, 2.05) is 0 Å². The van der Waals surface area contributed by atoms with Gasteiger partial charge in [-0.25, -0.2) is 9.80 Å². The van der Waals surface area contributed by atoms with Gasteiger partial charge in [0.25, 0.3) is 0 Å². The van der Waals surface area contributed by atoms with E-state index < -0.39 is 11.9 Å². The quantitative estimate of drug-likeness (QED) is 0.769. The van der Waals surface area contributed by atoms with Crippen molar-refractivity contribution >= 4 is 11.9 Å². The monoisotopic (exact) mass is 240 g/mol. The SMILES string of the molecule is O=C(O)c1ccc(C(=O)NN2CCOCC2)o1. The molecule has 0 atom stereocenters. The van der Waals surface area contributed by atoms with Gasteiger partial charge >= 0.3 is 11.9 Å². The topological polar surface area (TPSA) is 92.0 Å². The fraction of sp³-hybridized carbons (Fsp3) is 0.400. The molecule has 7 heteroatoms. The maximum absolute atomic E-state index is 11.7. The molecule has 2 N–H and O–H groups in total. The third kappa shape index (κ3) is 2.83. The number of hydrogen-bond acceptors (Lipinski definition) is 5. The van der Waals surface area contributed by atoms with Gasteiger partial charge in [0.1, 0.15) is 0 Å². The second-order valence-electron chi connectivity index (χ2n) is 3.51. The molecule has 1 aromatic rings. The van der Waals surface area contributed by atoms with Gasteiger partial charge in [-0.2, -0.15) is 0 Å². The molecule has 1 aliphatic rings. The lowest BCUT2D eigenvalue weighted by atomic mass is 10.4. The first-order valence-electron chi connectivity index (χ1n) is 5.13. The molecule has 0 spiro atoms. The van der Waals surface area contributed by atoms with Crippen molar-refractivity contribution in [1.82, 2.24) is 10.4 Å². The summed E-state index contributed by atoms with van der Waals surface area (Å²) in [6, 6.07) is 2.58. The summed E-state index contributed by atoms with van der Waals surface area (Å²) in [5.74, 6) is -1.93. The standard InChI is InChI=1S/C10H12N2O5/c13-9(11-12-3-5-16-6-4-12)7-1-2-8(17-7)10(14)15/h1-2H,3-6H2,(H,11,13)(H,14,15). The summed E-state index contributed by atoms with van der Waals surface area (Å²) in [7, 11) is 0. The van der Waals surface area contributed by atoms with E-state index >= 15 is 0 Å². The molecule has 0 saturated carbocycles. The van der Waals surface area contributed by atoms with Crippen LogP contribution in [0.4, 0.5) is 0 Å². The van der Waals surface area contributed by atoms with Gasteiger partial charge in [0.15, 0.2) is 5.76 Å². The molecule has 0 bridgehead atoms. The first-order valence-corrected chi connectivity index (χ1v) is 5.13. The Kier molecular flexibility index (Phi) is 3.40. The lowest BCUT2D eigenvalue weighted by Gasteiger charge is -2.26. The molecule has 7 nitrogen and oxygen atoms in total. The number of nitrogens with zero attached hydrogens (tertiary/aromatic N) is 1. The number of amides is 1. The Morgan fingerprint density at radius 1 is 1.24 bits per heavy atom. The number of ether oxygens (including phenoxy) is 1. The number of furan rings is 1. The zero-order chi connectivity index (χ0) is 12.3. The van der Waals surface area contributed by atoms with E-state index in [-0.39, 0.29) is 11.5 Å². The largest absolute Gasteiger partial charge is 0.475 e. The van der Waals surface area contributed by atoms with Crippen LogP contribution in [-0.2, 0) is 4.74 Å². The van der Waals surface area contributed by atoms with Gasteiger partial charge in [0.05, 0.1) is 13.2 Å². The number of morpholine rings is 1. The van der Waals surface area contributed by atoms with Crippen molar-refractivity contribution in [1.29, 1.82) is 0 Å². The molecule has 0 aliphatic carbocycles. The molecule has 2 heterocycles. The van der Waals surface area contributed by atoms with E-state index in [1.165, 1.54) is 12.1 Å². The molecular formula is C10H12N2O5. The first-order chi connectivity index (χ1) is 8.16. The summed E-state index contributed by atoms with van der Waals surface area (Å²) in [5.41, 5.74) is 2.62. The van der Waals surface area contributed by atoms with Crippen molar-refractivity contribution < 1.29 is 23.8 Å². The summed E-state index contributed by atoms with van der Waals surface area (Å²) in [6.07, 6.45) is 0. The van der Waals surface area contributed by atoms with Crippen LogP contribution in [0.3, 0.4) is 0 Å². The second-order valence-corrected chi connectivity index (χ2v) is 3.51. The molecule has 0 radical (unpaired) electrons. The highest BCUT2D eigenvalue weighted by atomic mass is 16.5. The van der Waals surface area contributed by atoms with Crippen molar-refractivity contribution in [3.63, 3.8) is 0 Å². The van der Waals surface area contributed by atoms with Gasteiger partial charge in [0, 0.05) is 13.1 Å². The molecule has 2 rings (SSSR count). The van der Waals surface area contributed by atoms with Gasteiger partial charge in [-0.3, -0.25) is 10.2 Å². The Balaban J connectivity index is 1.96. The van der Waals surface area contributed by atoms with Gasteiger partial charge < -0.3 is 14.3 Å². The summed E-state index contributed by atoms with van der Waals surface area (Å²) in [4.78, 5) is 22.2. The molecule has 1 amide bonds. The smallest absolute Gasteiger partial charge is 0.371 e. The van der Waals surface area contributed by atoms with Gasteiger partial charge in [-0.1, -0.05) is 0 Å². The normalized spacial score (nSPS) is 16.7. The number of hydrogen-bond donors (Lipinski definition) is 2. The number of carbonyl (C=O) groups is 2. The maximum Gasteiger partial charge on any atom is 0.371 e. The van der Waals surface area contributed by atoms with Crippen molar-refractivity contribution in [2.75, 3.05) is 26.3 Å². The van der Waals surface area contributed by atoms with Crippen molar-refractivity contribution in [3.05, 3.63) is 23.7 Å². The summed E-state index contributed by atoms with van der Waals surface area (Å²) < 4.78 is 10.0. The Morgan fingerprint density at radius 3 is 2.47 bits per heavy atom. The van der Waals surface area contributed by atoms with E-state index in [0.29, 0.717) is 26.3 Å². The van der Waals surface area contributed by atoms with E-state index in [2.05, 4.69) is 5.43 Å². The van der Waals surface area contributed by atoms with Gasteiger partial charge in [0.2, 0.25) is 5.76 Å². The predicted octanol–water partition coefficient (Wildman–Crippen LogP) is -0.0452. The Hall–Kier alpha value is -1.86. The average Bonchev–Trinajstić information content (AvgIpc) is 2.79. The Morgan fingerprint density at radius 2 is 1.88 bits per heavy atom. The highest BCUT2D eigenvalue weighted by Gasteiger charge is 2.18. The third-order valence-electron chi connectivity index (χ3n) is 2.31. The molecule has 17 heavy (non-hydrogen) atoms. The van der Waals surface area contributed by atoms with Crippen LogP contribution in [0.1, 0.15) is 21.1 Å². The van der Waals surface area contributed by atoms with Gasteiger partial charge in [-0.15, -0.1) is 0 Å². The first kappa shape index (κ1) is 11.6. The molecule has 92 valence electrons. The number of hydrazine groups is 1. The Labute approximate surface area is 96.9 Å². The van der Waals surface area contributed by atoms with Crippen molar-refractivity contribution in [3.8, 4) is 0 Å². The molecule has 0 aromatic carbocycles. The summed E-state index contributed by atoms with van der Waals surface area (Å²) in [5, 5.41) is 10.4. The maximum atomic E-state index is 11.7. The van der Waals surface area contributed by atoms with Crippen molar-refractivity contribution in [2.45, 2.75) is 0 Å². The second kappa shape index (κ2) is 4.98. The molecule has 1 fully saturated rings. The van der Waals surface area contributed by atoms with Crippen LogP contribution in [0.2, 0.25) is 0 Å². The fourth-order valence-electron chi connectivity index (χ4n) is 1.45. The zero-order valence-corrected chi connectivity index (χ0v) is 9.01. The minimum absolute atomic E-state index is 0.0195. The highest BCUT2D eigenvalue weighted by Crippen LogP contribution is 2.08. The fourth-order valence-corrected chi connectivity index (χ4v) is 1.45. The lowest BCUT2D eigenvalue weighted by Crippen LogP contribution is -2.48. The number of carboxylic acids is 1. The van der Waals surface area contributed by atoms with E-state index in [1.54, 1.807) is 5.01 Å². The molecular weight excluding hydrogens is 228 g/mol. The number of carbonyl (C=O) groups excluding carboxylic acids is 1. The Bertz CT molecular complexity index is 422. The summed E-state index contributed by atoms with van der Waals surface area (Å²) >= 11 is 0. The number of carboxylic acid groups (broad SMARTS) is 1. The third-order valence-corrected chi connectivity index (χ3v) is 2.31. The number of rotatable bonds is 3. The minimum atomic E-state index is -1.20. The van der Waals surface area contributed by atoms with Crippen molar-refractivity contribution in [2.24, 2.45) is 0 Å². The van der Waals surface area contributed by atoms with Crippen LogP contribution in [-0.4, -0.2) is 48.3 Å². The number of nitrogens with one attached hydrogen (secondary N) is 1. The van der Waals surface area contributed by atoms with E-state index in [0.717, 1.165) is 0 Å². The average molecular weight is 240 g/mol. The van der Waals surface area contributed by atoms with Gasteiger partial charge in [-0.05, 0) is 12.1 Å². The van der Waals surface area contributed by atoms with Crippen LogP contribution in [0.25, 0.3) is 0 Å². The summed E-state index contributed by atoms with van der Waals surface area (Å²) in [6.45, 7) is 2.30. The molecule has 1 aliphatic heterocycles. The lowest BCUT2D eigenvalue weighted by molar-refractivity contribution is 0.0117. The van der Waals surface area contributed by atoms with E-state index in [4.69, 9.17) is 14.3 Å². The van der Waals surface area contributed by atoms with Crippen LogP contribution in [0.15, 0.2) is 16.5 Å². The molecule has 1 aromatic heterocycles. The molecule has 0 unspecified atom stereocenters. The van der Waals surface area contributed by atoms with E-state index in [9.17, 15) is 9.59 Å². The minimum Gasteiger partial charge on any atom is -0.475 e. The predicted molar refractivity (Wildman–Crippen MR) is 55.5 cm³/mol. The van der Waals surface area contributed by atoms with Crippen LogP contribution in [0.5, 0.6) is 0 Å². The zero-order valence-electron chi connectivity index (χ0n) is 9.01. The van der Waals surface area contributed by atoms with Crippen LogP contribution >= 0.6 is 0 Å².